The highest BCUT2D eigenvalue weighted by atomic mass is 35.5. The van der Waals surface area contributed by atoms with Crippen LogP contribution in [0.25, 0.3) is 22.0 Å². The molecular formula is C19H17ClN2. The van der Waals surface area contributed by atoms with Gasteiger partial charge in [-0.25, -0.2) is 0 Å². The molecule has 0 radical (unpaired) electrons. The van der Waals surface area contributed by atoms with Crippen LogP contribution in [0, 0.1) is 5.41 Å². The molecule has 0 aliphatic heterocycles. The number of nitrogens with zero attached hydrogens (tertiary/aromatic N) is 1. The second kappa shape index (κ2) is 6.29. The van der Waals surface area contributed by atoms with Crippen molar-refractivity contribution in [2.75, 3.05) is 0 Å². The maximum absolute atomic E-state index is 8.21. The van der Waals surface area contributed by atoms with Crippen LogP contribution in [0.2, 0.25) is 5.02 Å². The molecule has 0 aliphatic rings. The third-order valence-electron chi connectivity index (χ3n) is 3.73. The maximum atomic E-state index is 8.21. The van der Waals surface area contributed by atoms with Gasteiger partial charge in [0.1, 0.15) is 0 Å². The van der Waals surface area contributed by atoms with Crippen LogP contribution < -0.4 is 0 Å². The molecular weight excluding hydrogens is 292 g/mol. The molecule has 0 fully saturated rings. The fraction of sp³-hybridized carbons (Fsp3) is 0.158. The number of fused-ring (bicyclic) bond motifs is 1. The minimum atomic E-state index is 0.672. The van der Waals surface area contributed by atoms with E-state index in [1.165, 1.54) is 0 Å². The first kappa shape index (κ1) is 14.7. The summed E-state index contributed by atoms with van der Waals surface area (Å²) in [6.07, 6.45) is 3.54. The summed E-state index contributed by atoms with van der Waals surface area (Å²) in [6, 6.07) is 15.9. The zero-order chi connectivity index (χ0) is 15.5. The fourth-order valence-corrected chi connectivity index (χ4v) is 2.83. The molecule has 0 amide bonds. The number of nitrogens with one attached hydrogen (secondary N) is 1. The lowest BCUT2D eigenvalue weighted by atomic mass is 9.98. The highest BCUT2D eigenvalue weighted by Crippen LogP contribution is 2.27. The molecule has 0 atom stereocenters. The molecule has 3 heteroatoms. The van der Waals surface area contributed by atoms with E-state index in [4.69, 9.17) is 17.0 Å². The molecule has 0 bridgehead atoms. The Morgan fingerprint density at radius 2 is 1.91 bits per heavy atom. The van der Waals surface area contributed by atoms with Gasteiger partial charge in [0.2, 0.25) is 0 Å². The predicted molar refractivity (Wildman–Crippen MR) is 93.9 cm³/mol. The van der Waals surface area contributed by atoms with Crippen LogP contribution >= 0.6 is 11.6 Å². The molecule has 110 valence electrons. The molecule has 2 nitrogen and oxygen atoms in total. The van der Waals surface area contributed by atoms with Gasteiger partial charge in [0.25, 0.3) is 0 Å². The Morgan fingerprint density at radius 3 is 2.68 bits per heavy atom. The predicted octanol–water partition coefficient (Wildman–Crippen LogP) is 5.72. The number of halogens is 1. The summed E-state index contributed by atoms with van der Waals surface area (Å²) < 4.78 is 0. The Kier molecular flexibility index (Phi) is 4.21. The van der Waals surface area contributed by atoms with Crippen LogP contribution in [-0.2, 0) is 0 Å². The zero-order valence-corrected chi connectivity index (χ0v) is 13.2. The molecule has 1 N–H and O–H groups in total. The normalized spacial score (nSPS) is 10.8. The van der Waals surface area contributed by atoms with E-state index in [2.05, 4.69) is 30.1 Å². The average Bonchev–Trinajstić information content (AvgIpc) is 2.54. The summed E-state index contributed by atoms with van der Waals surface area (Å²) in [4.78, 5) is 4.46. The van der Waals surface area contributed by atoms with Gasteiger partial charge < -0.3 is 5.41 Å². The van der Waals surface area contributed by atoms with E-state index < -0.39 is 0 Å². The number of aromatic nitrogens is 1. The lowest BCUT2D eigenvalue weighted by Gasteiger charge is -2.09. The molecule has 0 unspecified atom stereocenters. The number of pyridine rings is 1. The van der Waals surface area contributed by atoms with Crippen LogP contribution in [0.1, 0.15) is 25.3 Å². The Labute approximate surface area is 135 Å². The Bertz CT molecular complexity index is 840. The van der Waals surface area contributed by atoms with Crippen LogP contribution in [-0.4, -0.2) is 10.7 Å². The van der Waals surface area contributed by atoms with Crippen LogP contribution in [0.4, 0.5) is 0 Å². The van der Waals surface area contributed by atoms with Crippen molar-refractivity contribution in [1.82, 2.24) is 4.98 Å². The summed E-state index contributed by atoms with van der Waals surface area (Å²) in [5.74, 6) is 0. The standard InChI is InChI=1S/C19H17ClN2/c1-2-4-18(21)16-9-10-22-19-12-14(7-8-17(16)19)13-5-3-6-15(20)11-13/h3,5-12,21H,2,4H2,1H3. The number of hydrogen-bond acceptors (Lipinski definition) is 2. The Morgan fingerprint density at radius 1 is 1.09 bits per heavy atom. The number of hydrogen-bond donors (Lipinski definition) is 1. The summed E-state index contributed by atoms with van der Waals surface area (Å²) in [6.45, 7) is 2.09. The average molecular weight is 309 g/mol. The molecule has 3 rings (SSSR count). The van der Waals surface area contributed by atoms with Gasteiger partial charge in [0, 0.05) is 27.9 Å². The first-order valence-electron chi connectivity index (χ1n) is 7.41. The van der Waals surface area contributed by atoms with E-state index in [1.807, 2.05) is 30.3 Å². The Balaban J connectivity index is 2.10. The van der Waals surface area contributed by atoms with E-state index in [0.717, 1.165) is 45.5 Å². The van der Waals surface area contributed by atoms with Crippen LogP contribution in [0.3, 0.4) is 0 Å². The third kappa shape index (κ3) is 2.88. The van der Waals surface area contributed by atoms with Crippen molar-refractivity contribution in [3.05, 3.63) is 65.3 Å². The van der Waals surface area contributed by atoms with Crippen molar-refractivity contribution in [3.63, 3.8) is 0 Å². The largest absolute Gasteiger partial charge is 0.305 e. The second-order valence-corrected chi connectivity index (χ2v) is 5.77. The summed E-state index contributed by atoms with van der Waals surface area (Å²) in [5.41, 5.74) is 4.72. The third-order valence-corrected chi connectivity index (χ3v) is 3.96. The van der Waals surface area contributed by atoms with Crippen molar-refractivity contribution in [1.29, 1.82) is 5.41 Å². The van der Waals surface area contributed by atoms with Gasteiger partial charge in [-0.05, 0) is 41.8 Å². The van der Waals surface area contributed by atoms with Gasteiger partial charge in [-0.1, -0.05) is 49.2 Å². The SMILES string of the molecule is CCCC(=N)c1ccnc2cc(-c3cccc(Cl)c3)ccc12. The van der Waals surface area contributed by atoms with E-state index in [9.17, 15) is 0 Å². The minimum Gasteiger partial charge on any atom is -0.305 e. The van der Waals surface area contributed by atoms with Gasteiger partial charge in [0.15, 0.2) is 0 Å². The second-order valence-electron chi connectivity index (χ2n) is 5.33. The number of benzene rings is 2. The van der Waals surface area contributed by atoms with Crippen LogP contribution in [0.5, 0.6) is 0 Å². The highest BCUT2D eigenvalue weighted by molar-refractivity contribution is 6.30. The summed E-state index contributed by atoms with van der Waals surface area (Å²) >= 11 is 6.07. The van der Waals surface area contributed by atoms with E-state index in [-0.39, 0.29) is 0 Å². The first-order chi connectivity index (χ1) is 10.7. The molecule has 0 aliphatic carbocycles. The molecule has 1 aromatic heterocycles. The van der Waals surface area contributed by atoms with Gasteiger partial charge in [-0.2, -0.15) is 0 Å². The van der Waals surface area contributed by atoms with E-state index in [1.54, 1.807) is 6.20 Å². The van der Waals surface area contributed by atoms with Crippen molar-refractivity contribution >= 4 is 28.2 Å². The Hall–Kier alpha value is -2.19. The molecule has 0 spiro atoms. The molecule has 3 aromatic rings. The topological polar surface area (TPSA) is 36.7 Å². The van der Waals surface area contributed by atoms with E-state index >= 15 is 0 Å². The quantitative estimate of drug-likeness (QED) is 0.614. The van der Waals surface area contributed by atoms with Gasteiger partial charge in [0.05, 0.1) is 5.52 Å². The monoisotopic (exact) mass is 308 g/mol. The molecule has 22 heavy (non-hydrogen) atoms. The van der Waals surface area contributed by atoms with Crippen molar-refractivity contribution in [3.8, 4) is 11.1 Å². The van der Waals surface area contributed by atoms with Gasteiger partial charge in [-0.3, -0.25) is 4.98 Å². The van der Waals surface area contributed by atoms with Gasteiger partial charge in [-0.15, -0.1) is 0 Å². The lowest BCUT2D eigenvalue weighted by Crippen LogP contribution is -2.00. The first-order valence-corrected chi connectivity index (χ1v) is 7.79. The highest BCUT2D eigenvalue weighted by Gasteiger charge is 2.08. The minimum absolute atomic E-state index is 0.672. The smallest absolute Gasteiger partial charge is 0.0714 e. The maximum Gasteiger partial charge on any atom is 0.0714 e. The summed E-state index contributed by atoms with van der Waals surface area (Å²) in [5, 5.41) is 9.97. The van der Waals surface area contributed by atoms with E-state index in [0.29, 0.717) is 5.71 Å². The lowest BCUT2D eigenvalue weighted by molar-refractivity contribution is 0.987. The zero-order valence-electron chi connectivity index (χ0n) is 12.4. The van der Waals surface area contributed by atoms with Crippen LogP contribution in [0.15, 0.2) is 54.7 Å². The fourth-order valence-electron chi connectivity index (χ4n) is 2.64. The van der Waals surface area contributed by atoms with Crippen molar-refractivity contribution in [2.24, 2.45) is 0 Å². The van der Waals surface area contributed by atoms with Crippen molar-refractivity contribution in [2.45, 2.75) is 19.8 Å². The molecule has 1 heterocycles. The molecule has 2 aromatic carbocycles. The van der Waals surface area contributed by atoms with Crippen molar-refractivity contribution < 1.29 is 0 Å². The number of rotatable bonds is 4. The summed E-state index contributed by atoms with van der Waals surface area (Å²) in [7, 11) is 0. The molecule has 0 saturated carbocycles. The van der Waals surface area contributed by atoms with Gasteiger partial charge >= 0.3 is 0 Å². The molecule has 0 saturated heterocycles.